The van der Waals surface area contributed by atoms with E-state index in [4.69, 9.17) is 0 Å². The number of aromatic nitrogens is 2. The number of hydrogen-bond acceptors (Lipinski definition) is 2. The number of rotatable bonds is 3. The molecule has 0 fully saturated rings. The monoisotopic (exact) mass is 268 g/mol. The Labute approximate surface area is 119 Å². The van der Waals surface area contributed by atoms with Crippen LogP contribution in [0.2, 0.25) is 0 Å². The van der Waals surface area contributed by atoms with Crippen LogP contribution in [-0.4, -0.2) is 9.55 Å². The Hall–Kier alpha value is -1.90. The van der Waals surface area contributed by atoms with Crippen LogP contribution in [0.4, 0.5) is 0 Å². The smallest absolute Gasteiger partial charge is 0.272 e. The quantitative estimate of drug-likeness (QED) is 0.858. The van der Waals surface area contributed by atoms with Crippen molar-refractivity contribution >= 4 is 0 Å². The highest BCUT2D eigenvalue weighted by Gasteiger charge is 2.12. The molecule has 1 aliphatic rings. The molecule has 0 radical (unpaired) electrons. The zero-order chi connectivity index (χ0) is 14.1. The van der Waals surface area contributed by atoms with E-state index >= 15 is 0 Å². The SMILES string of the molecule is CC(C)c1nccn(Cc2ccc3c(c2)CCC3)c1=O. The van der Waals surface area contributed by atoms with Gasteiger partial charge < -0.3 is 4.57 Å². The Bertz CT molecular complexity index is 686. The van der Waals surface area contributed by atoms with E-state index in [0.717, 1.165) is 0 Å². The van der Waals surface area contributed by atoms with Crippen molar-refractivity contribution in [2.24, 2.45) is 0 Å². The van der Waals surface area contributed by atoms with Gasteiger partial charge in [0.15, 0.2) is 0 Å². The molecule has 2 aromatic rings. The molecular weight excluding hydrogens is 248 g/mol. The minimum absolute atomic E-state index is 0.0306. The highest BCUT2D eigenvalue weighted by Crippen LogP contribution is 2.23. The van der Waals surface area contributed by atoms with Crippen LogP contribution in [0.3, 0.4) is 0 Å². The van der Waals surface area contributed by atoms with E-state index in [1.807, 2.05) is 13.8 Å². The van der Waals surface area contributed by atoms with Crippen molar-refractivity contribution in [1.29, 1.82) is 0 Å². The lowest BCUT2D eigenvalue weighted by Crippen LogP contribution is -2.25. The average molecular weight is 268 g/mol. The van der Waals surface area contributed by atoms with Crippen molar-refractivity contribution in [3.63, 3.8) is 0 Å². The number of hydrogen-bond donors (Lipinski definition) is 0. The van der Waals surface area contributed by atoms with E-state index < -0.39 is 0 Å². The summed E-state index contributed by atoms with van der Waals surface area (Å²) in [7, 11) is 0. The van der Waals surface area contributed by atoms with Crippen LogP contribution in [0.25, 0.3) is 0 Å². The van der Waals surface area contributed by atoms with Crippen molar-refractivity contribution < 1.29 is 0 Å². The Balaban J connectivity index is 1.92. The van der Waals surface area contributed by atoms with Crippen LogP contribution in [0.15, 0.2) is 35.4 Å². The van der Waals surface area contributed by atoms with Gasteiger partial charge in [-0.05, 0) is 36.0 Å². The maximum absolute atomic E-state index is 12.3. The molecule has 1 heterocycles. The molecule has 3 nitrogen and oxygen atoms in total. The van der Waals surface area contributed by atoms with Crippen LogP contribution in [0, 0.1) is 0 Å². The molecule has 20 heavy (non-hydrogen) atoms. The lowest BCUT2D eigenvalue weighted by Gasteiger charge is -2.10. The van der Waals surface area contributed by atoms with Gasteiger partial charge in [-0.15, -0.1) is 0 Å². The van der Waals surface area contributed by atoms with Crippen LogP contribution in [0.5, 0.6) is 0 Å². The fourth-order valence-electron chi connectivity index (χ4n) is 2.90. The van der Waals surface area contributed by atoms with Crippen molar-refractivity contribution in [2.75, 3.05) is 0 Å². The molecule has 0 saturated heterocycles. The highest BCUT2D eigenvalue weighted by molar-refractivity contribution is 5.35. The van der Waals surface area contributed by atoms with Gasteiger partial charge in [0.2, 0.25) is 0 Å². The average Bonchev–Trinajstić information content (AvgIpc) is 2.88. The first-order valence-corrected chi connectivity index (χ1v) is 7.31. The van der Waals surface area contributed by atoms with Crippen LogP contribution < -0.4 is 5.56 Å². The van der Waals surface area contributed by atoms with E-state index in [1.54, 1.807) is 17.0 Å². The third-order valence-electron chi connectivity index (χ3n) is 4.00. The van der Waals surface area contributed by atoms with Crippen molar-refractivity contribution in [1.82, 2.24) is 9.55 Å². The summed E-state index contributed by atoms with van der Waals surface area (Å²) in [5.74, 6) is 0.162. The Morgan fingerprint density at radius 3 is 2.85 bits per heavy atom. The van der Waals surface area contributed by atoms with Crippen molar-refractivity contribution in [3.8, 4) is 0 Å². The van der Waals surface area contributed by atoms with E-state index in [9.17, 15) is 4.79 Å². The first-order chi connectivity index (χ1) is 9.65. The second kappa shape index (κ2) is 5.23. The Morgan fingerprint density at radius 2 is 2.05 bits per heavy atom. The summed E-state index contributed by atoms with van der Waals surface area (Å²) < 4.78 is 1.76. The molecule has 0 saturated carbocycles. The van der Waals surface area contributed by atoms with Crippen LogP contribution in [-0.2, 0) is 19.4 Å². The number of nitrogens with zero attached hydrogens (tertiary/aromatic N) is 2. The summed E-state index contributed by atoms with van der Waals surface area (Å²) in [6.07, 6.45) is 7.13. The Morgan fingerprint density at radius 1 is 1.25 bits per heavy atom. The fraction of sp³-hybridized carbons (Fsp3) is 0.412. The van der Waals surface area contributed by atoms with Gasteiger partial charge in [-0.3, -0.25) is 9.78 Å². The third kappa shape index (κ3) is 2.40. The summed E-state index contributed by atoms with van der Waals surface area (Å²) in [6.45, 7) is 4.64. The highest BCUT2D eigenvalue weighted by atomic mass is 16.1. The van der Waals surface area contributed by atoms with Crippen LogP contribution >= 0.6 is 0 Å². The van der Waals surface area contributed by atoms with Gasteiger partial charge in [-0.2, -0.15) is 0 Å². The fourth-order valence-corrected chi connectivity index (χ4v) is 2.90. The van der Waals surface area contributed by atoms with Gasteiger partial charge in [0, 0.05) is 18.3 Å². The zero-order valence-electron chi connectivity index (χ0n) is 12.1. The molecule has 0 spiro atoms. The summed E-state index contributed by atoms with van der Waals surface area (Å²) in [5.41, 5.74) is 4.80. The lowest BCUT2D eigenvalue weighted by atomic mass is 10.1. The molecule has 1 aromatic heterocycles. The minimum Gasteiger partial charge on any atom is -0.308 e. The molecule has 0 N–H and O–H groups in total. The first-order valence-electron chi connectivity index (χ1n) is 7.31. The molecule has 0 amide bonds. The molecule has 3 heteroatoms. The molecule has 3 rings (SSSR count). The predicted molar refractivity (Wildman–Crippen MR) is 80.2 cm³/mol. The van der Waals surface area contributed by atoms with E-state index in [-0.39, 0.29) is 11.5 Å². The summed E-state index contributed by atoms with van der Waals surface area (Å²) in [4.78, 5) is 16.6. The standard InChI is InChI=1S/C17H20N2O/c1-12(2)16-17(20)19(9-8-18-16)11-13-6-7-14-4-3-5-15(14)10-13/h6-10,12H,3-5,11H2,1-2H3. The topological polar surface area (TPSA) is 34.9 Å². The molecule has 0 aliphatic heterocycles. The maximum Gasteiger partial charge on any atom is 0.272 e. The normalized spacial score (nSPS) is 13.8. The van der Waals surface area contributed by atoms with Gasteiger partial charge in [0.25, 0.3) is 5.56 Å². The summed E-state index contributed by atoms with van der Waals surface area (Å²) in [5, 5.41) is 0. The number of benzene rings is 1. The van der Waals surface area contributed by atoms with Gasteiger partial charge in [-0.25, -0.2) is 0 Å². The molecule has 0 atom stereocenters. The van der Waals surface area contributed by atoms with Gasteiger partial charge >= 0.3 is 0 Å². The van der Waals surface area contributed by atoms with Crippen molar-refractivity contribution in [2.45, 2.75) is 45.6 Å². The second-order valence-electron chi connectivity index (χ2n) is 5.86. The van der Waals surface area contributed by atoms with Gasteiger partial charge in [0.1, 0.15) is 5.69 Å². The molecular formula is C17H20N2O. The molecule has 0 bridgehead atoms. The van der Waals surface area contributed by atoms with E-state index in [0.29, 0.717) is 12.2 Å². The largest absolute Gasteiger partial charge is 0.308 e. The van der Waals surface area contributed by atoms with Gasteiger partial charge in [-0.1, -0.05) is 32.0 Å². The first kappa shape index (κ1) is 13.1. The molecule has 0 unspecified atom stereocenters. The van der Waals surface area contributed by atoms with Crippen LogP contribution in [0.1, 0.15) is 48.6 Å². The Kier molecular flexibility index (Phi) is 3.43. The zero-order valence-corrected chi connectivity index (χ0v) is 12.1. The van der Waals surface area contributed by atoms with Crippen molar-refractivity contribution in [3.05, 3.63) is 63.3 Å². The number of aryl methyl sites for hydroxylation is 2. The molecule has 1 aromatic carbocycles. The second-order valence-corrected chi connectivity index (χ2v) is 5.86. The summed E-state index contributed by atoms with van der Waals surface area (Å²) in [6, 6.07) is 6.61. The number of fused-ring (bicyclic) bond motifs is 1. The molecule has 1 aliphatic carbocycles. The maximum atomic E-state index is 12.3. The minimum atomic E-state index is 0.0306. The van der Waals surface area contributed by atoms with Gasteiger partial charge in [0.05, 0.1) is 6.54 Å². The lowest BCUT2D eigenvalue weighted by molar-refractivity contribution is 0.696. The van der Waals surface area contributed by atoms with E-state index in [2.05, 4.69) is 23.2 Å². The predicted octanol–water partition coefficient (Wildman–Crippen LogP) is 2.90. The summed E-state index contributed by atoms with van der Waals surface area (Å²) >= 11 is 0. The third-order valence-corrected chi connectivity index (χ3v) is 4.00. The van der Waals surface area contributed by atoms with E-state index in [1.165, 1.54) is 36.0 Å². The molecule has 104 valence electrons.